The van der Waals surface area contributed by atoms with Crippen molar-refractivity contribution in [2.24, 2.45) is 5.73 Å². The second-order valence-corrected chi connectivity index (χ2v) is 6.67. The average Bonchev–Trinajstić information content (AvgIpc) is 2.49. The number of anilines is 2. The van der Waals surface area contributed by atoms with Crippen LogP contribution in [-0.4, -0.2) is 43.1 Å². The summed E-state index contributed by atoms with van der Waals surface area (Å²) in [6.45, 7) is 6.51. The van der Waals surface area contributed by atoms with E-state index in [0.29, 0.717) is 24.5 Å². The molecule has 0 aromatic heterocycles. The van der Waals surface area contributed by atoms with Gasteiger partial charge in [0.05, 0.1) is 11.5 Å². The molecule has 1 aromatic rings. The van der Waals surface area contributed by atoms with Gasteiger partial charge in [-0.25, -0.2) is 0 Å². The summed E-state index contributed by atoms with van der Waals surface area (Å²) in [5.74, 6) is -0.200. The molecule has 0 saturated heterocycles. The first kappa shape index (κ1) is 20.4. The van der Waals surface area contributed by atoms with Gasteiger partial charge in [-0.3, -0.25) is 14.9 Å². The summed E-state index contributed by atoms with van der Waals surface area (Å²) in [6.07, 6.45) is 3.57. The Balaban J connectivity index is 2.99. The zero-order valence-corrected chi connectivity index (χ0v) is 15.2. The van der Waals surface area contributed by atoms with Crippen molar-refractivity contribution in [2.75, 3.05) is 36.9 Å². The van der Waals surface area contributed by atoms with Crippen molar-refractivity contribution in [3.63, 3.8) is 0 Å². The molecule has 8 heteroatoms. The van der Waals surface area contributed by atoms with E-state index in [0.717, 1.165) is 0 Å². The molecular formula is C17H27N5O3. The molecule has 1 aromatic carbocycles. The Morgan fingerprint density at radius 1 is 1.36 bits per heavy atom. The van der Waals surface area contributed by atoms with Crippen LogP contribution in [0.25, 0.3) is 0 Å². The van der Waals surface area contributed by atoms with E-state index in [2.05, 4.69) is 10.6 Å². The Bertz CT molecular complexity index is 638. The van der Waals surface area contributed by atoms with Gasteiger partial charge in [-0.2, -0.15) is 0 Å². The maximum atomic E-state index is 12.1. The third kappa shape index (κ3) is 6.80. The van der Waals surface area contributed by atoms with E-state index in [4.69, 9.17) is 5.73 Å². The fourth-order valence-corrected chi connectivity index (χ4v) is 2.28. The maximum Gasteiger partial charge on any atom is 0.315 e. The number of nitrogens with one attached hydrogen (secondary N) is 2. The van der Waals surface area contributed by atoms with Gasteiger partial charge in [0.15, 0.2) is 0 Å². The topological polar surface area (TPSA) is 114 Å². The highest BCUT2D eigenvalue weighted by atomic mass is 16.6. The zero-order chi connectivity index (χ0) is 19.0. The van der Waals surface area contributed by atoms with Crippen LogP contribution in [0.5, 0.6) is 0 Å². The number of hydrogen-bond acceptors (Lipinski definition) is 6. The number of amides is 1. The van der Waals surface area contributed by atoms with E-state index < -0.39 is 4.92 Å². The van der Waals surface area contributed by atoms with Crippen molar-refractivity contribution in [3.8, 4) is 0 Å². The molecule has 138 valence electrons. The van der Waals surface area contributed by atoms with E-state index in [1.54, 1.807) is 42.3 Å². The number of carbonyl (C=O) groups is 1. The van der Waals surface area contributed by atoms with Gasteiger partial charge >= 0.3 is 5.69 Å². The summed E-state index contributed by atoms with van der Waals surface area (Å²) in [6, 6.07) is 4.99. The highest BCUT2D eigenvalue weighted by molar-refractivity contribution is 5.85. The van der Waals surface area contributed by atoms with Crippen molar-refractivity contribution >= 4 is 23.0 Å². The number of benzene rings is 1. The number of rotatable bonds is 8. The van der Waals surface area contributed by atoms with Crippen LogP contribution in [0.15, 0.2) is 30.4 Å². The van der Waals surface area contributed by atoms with Gasteiger partial charge in [0.1, 0.15) is 11.4 Å². The maximum absolute atomic E-state index is 12.1. The molecule has 0 radical (unpaired) electrons. The molecule has 4 N–H and O–H groups in total. The standard InChI is InChI=1S/C17H27N5O3/c1-17(2,3)20-15(23)12-21(4)14-9-7-8-13(16(14)22(24)25)19-11-6-5-10-18/h5-9,19H,10-12,18H2,1-4H3,(H,20,23)/b6-5+. The van der Waals surface area contributed by atoms with Gasteiger partial charge in [0.25, 0.3) is 0 Å². The quantitative estimate of drug-likeness (QED) is 0.375. The lowest BCUT2D eigenvalue weighted by atomic mass is 10.1. The highest BCUT2D eigenvalue weighted by Crippen LogP contribution is 2.34. The van der Waals surface area contributed by atoms with Crippen LogP contribution in [-0.2, 0) is 4.79 Å². The molecular weight excluding hydrogens is 322 g/mol. The van der Waals surface area contributed by atoms with Crippen molar-refractivity contribution in [2.45, 2.75) is 26.3 Å². The Morgan fingerprint density at radius 3 is 2.60 bits per heavy atom. The molecule has 1 rings (SSSR count). The third-order valence-corrected chi connectivity index (χ3v) is 3.22. The SMILES string of the molecule is CN(CC(=O)NC(C)(C)C)c1cccc(NC/C=C/CN)c1[N+](=O)[O-]. The first-order valence-corrected chi connectivity index (χ1v) is 8.04. The molecule has 0 bridgehead atoms. The molecule has 0 atom stereocenters. The fourth-order valence-electron chi connectivity index (χ4n) is 2.28. The molecule has 0 heterocycles. The van der Waals surface area contributed by atoms with E-state index in [1.165, 1.54) is 0 Å². The molecule has 1 amide bonds. The average molecular weight is 349 g/mol. The van der Waals surface area contributed by atoms with E-state index >= 15 is 0 Å². The van der Waals surface area contributed by atoms with Gasteiger partial charge in [-0.05, 0) is 32.9 Å². The number of likely N-dealkylation sites (N-methyl/N-ethyl adjacent to an activating group) is 1. The normalized spacial score (nSPS) is 11.4. The predicted molar refractivity (Wildman–Crippen MR) is 101 cm³/mol. The summed E-state index contributed by atoms with van der Waals surface area (Å²) in [7, 11) is 1.66. The minimum absolute atomic E-state index is 0.0225. The predicted octanol–water partition coefficient (Wildman–Crippen LogP) is 1.87. The van der Waals surface area contributed by atoms with Crippen molar-refractivity contribution in [1.29, 1.82) is 0 Å². The fraction of sp³-hybridized carbons (Fsp3) is 0.471. The van der Waals surface area contributed by atoms with Gasteiger partial charge in [-0.15, -0.1) is 0 Å². The summed E-state index contributed by atoms with van der Waals surface area (Å²) < 4.78 is 0. The highest BCUT2D eigenvalue weighted by Gasteiger charge is 2.24. The van der Waals surface area contributed by atoms with Crippen molar-refractivity contribution in [3.05, 3.63) is 40.5 Å². The van der Waals surface area contributed by atoms with Crippen molar-refractivity contribution in [1.82, 2.24) is 5.32 Å². The van der Waals surface area contributed by atoms with Crippen LogP contribution in [0.2, 0.25) is 0 Å². The smallest absolute Gasteiger partial charge is 0.315 e. The molecule has 25 heavy (non-hydrogen) atoms. The molecule has 0 aliphatic heterocycles. The Labute approximate surface area is 148 Å². The second-order valence-electron chi connectivity index (χ2n) is 6.67. The van der Waals surface area contributed by atoms with Gasteiger partial charge in [0, 0.05) is 25.7 Å². The minimum atomic E-state index is -0.442. The first-order valence-electron chi connectivity index (χ1n) is 8.04. The van der Waals surface area contributed by atoms with E-state index in [1.807, 2.05) is 20.8 Å². The zero-order valence-electron chi connectivity index (χ0n) is 15.2. The van der Waals surface area contributed by atoms with Gasteiger partial charge < -0.3 is 21.3 Å². The molecule has 0 fully saturated rings. The number of para-hydroxylation sites is 1. The molecule has 8 nitrogen and oxygen atoms in total. The molecule has 0 unspecified atom stereocenters. The Hall–Kier alpha value is -2.61. The van der Waals surface area contributed by atoms with Gasteiger partial charge in [0.2, 0.25) is 5.91 Å². The summed E-state index contributed by atoms with van der Waals surface area (Å²) >= 11 is 0. The molecule has 0 aliphatic rings. The molecule has 0 spiro atoms. The second kappa shape index (κ2) is 9.03. The van der Waals surface area contributed by atoms with Crippen LogP contribution in [0, 0.1) is 10.1 Å². The number of carbonyl (C=O) groups excluding carboxylic acids is 1. The number of hydrogen-bond donors (Lipinski definition) is 3. The summed E-state index contributed by atoms with van der Waals surface area (Å²) in [5, 5.41) is 17.4. The third-order valence-electron chi connectivity index (χ3n) is 3.22. The van der Waals surface area contributed by atoms with E-state index in [-0.39, 0.29) is 23.7 Å². The van der Waals surface area contributed by atoms with Crippen LogP contribution >= 0.6 is 0 Å². The number of nitro groups is 1. The number of nitrogens with two attached hydrogens (primary N) is 1. The Morgan fingerprint density at radius 2 is 2.04 bits per heavy atom. The van der Waals surface area contributed by atoms with Gasteiger partial charge in [-0.1, -0.05) is 18.2 Å². The number of nitro benzene ring substituents is 1. The van der Waals surface area contributed by atoms with Crippen LogP contribution in [0.1, 0.15) is 20.8 Å². The monoisotopic (exact) mass is 349 g/mol. The summed E-state index contributed by atoms with van der Waals surface area (Å²) in [5.41, 5.74) is 5.73. The lowest BCUT2D eigenvalue weighted by Gasteiger charge is -2.24. The van der Waals surface area contributed by atoms with Crippen LogP contribution in [0.4, 0.5) is 17.1 Å². The largest absolute Gasteiger partial charge is 0.376 e. The lowest BCUT2D eigenvalue weighted by molar-refractivity contribution is -0.383. The number of nitrogens with zero attached hydrogens (tertiary/aromatic N) is 2. The first-order chi connectivity index (χ1) is 11.7. The Kier molecular flexibility index (Phi) is 7.38. The summed E-state index contributed by atoms with van der Waals surface area (Å²) in [4.78, 5) is 24.8. The van der Waals surface area contributed by atoms with Crippen LogP contribution < -0.4 is 21.3 Å². The van der Waals surface area contributed by atoms with Crippen LogP contribution in [0.3, 0.4) is 0 Å². The minimum Gasteiger partial charge on any atom is -0.376 e. The lowest BCUT2D eigenvalue weighted by Crippen LogP contribution is -2.45. The molecule has 0 saturated carbocycles. The van der Waals surface area contributed by atoms with Crippen molar-refractivity contribution < 1.29 is 9.72 Å². The molecule has 0 aliphatic carbocycles. The van der Waals surface area contributed by atoms with E-state index in [9.17, 15) is 14.9 Å².